The molecule has 0 unspecified atom stereocenters. The third-order valence-electron chi connectivity index (χ3n) is 5.27. The van der Waals surface area contributed by atoms with E-state index in [4.69, 9.17) is 9.47 Å². The number of aliphatic imine (C=N–C) groups is 1. The molecular formula is C24H19FN4O4S. The van der Waals surface area contributed by atoms with Gasteiger partial charge < -0.3 is 9.47 Å². The van der Waals surface area contributed by atoms with Gasteiger partial charge in [-0.05, 0) is 61.5 Å². The van der Waals surface area contributed by atoms with Crippen molar-refractivity contribution in [1.29, 1.82) is 0 Å². The Balaban J connectivity index is 1.51. The van der Waals surface area contributed by atoms with Gasteiger partial charge in [-0.25, -0.2) is 12.8 Å². The average Bonchev–Trinajstić information content (AvgIpc) is 3.01. The van der Waals surface area contributed by atoms with Crippen molar-refractivity contribution < 1.29 is 22.3 Å². The van der Waals surface area contributed by atoms with Crippen molar-refractivity contribution in [2.75, 3.05) is 11.8 Å². The standard InChI is InChI=1S/C24H19FN4O4S/c1-15-19-14-26-21-13-18(34(30,31)28-20-5-3-4-6-22(20)32-2)11-12-23(21)33-24(19)29(27-15)17-9-7-16(25)8-10-17/h3-14,28H,1-2H3. The van der Waals surface area contributed by atoms with Gasteiger partial charge >= 0.3 is 0 Å². The number of sulfonamides is 1. The highest BCUT2D eigenvalue weighted by Crippen LogP contribution is 2.39. The molecule has 0 spiro atoms. The number of anilines is 1. The Morgan fingerprint density at radius 3 is 2.59 bits per heavy atom. The molecule has 0 atom stereocenters. The molecule has 10 heteroatoms. The molecule has 0 aliphatic carbocycles. The first-order chi connectivity index (χ1) is 16.4. The number of ether oxygens (including phenoxy) is 2. The van der Waals surface area contributed by atoms with Gasteiger partial charge in [0.1, 0.15) is 17.3 Å². The number of halogens is 1. The maximum absolute atomic E-state index is 13.4. The molecule has 3 aromatic carbocycles. The Labute approximate surface area is 195 Å². The van der Waals surface area contributed by atoms with Gasteiger partial charge in [0, 0.05) is 6.21 Å². The lowest BCUT2D eigenvalue weighted by Gasteiger charge is -2.13. The summed E-state index contributed by atoms with van der Waals surface area (Å²) in [6, 6.07) is 17.0. The third-order valence-corrected chi connectivity index (χ3v) is 6.63. The molecule has 2 heterocycles. The van der Waals surface area contributed by atoms with E-state index in [1.165, 1.54) is 37.4 Å². The van der Waals surface area contributed by atoms with E-state index in [2.05, 4.69) is 14.8 Å². The molecule has 34 heavy (non-hydrogen) atoms. The molecule has 5 rings (SSSR count). The minimum absolute atomic E-state index is 0.0146. The molecule has 0 amide bonds. The van der Waals surface area contributed by atoms with Crippen LogP contribution in [0.3, 0.4) is 0 Å². The van der Waals surface area contributed by atoms with Crippen LogP contribution in [0.25, 0.3) is 5.69 Å². The van der Waals surface area contributed by atoms with Crippen molar-refractivity contribution in [3.8, 4) is 23.1 Å². The summed E-state index contributed by atoms with van der Waals surface area (Å²) in [5.41, 5.74) is 2.56. The van der Waals surface area contributed by atoms with Crippen LogP contribution in [0.15, 0.2) is 76.6 Å². The Kier molecular flexibility index (Phi) is 5.29. The zero-order chi connectivity index (χ0) is 23.9. The van der Waals surface area contributed by atoms with E-state index in [1.54, 1.807) is 54.2 Å². The number of nitrogens with zero attached hydrogens (tertiary/aromatic N) is 3. The fraction of sp³-hybridized carbons (Fsp3) is 0.0833. The minimum atomic E-state index is -3.92. The Morgan fingerprint density at radius 1 is 1.06 bits per heavy atom. The van der Waals surface area contributed by atoms with E-state index < -0.39 is 10.0 Å². The fourth-order valence-corrected chi connectivity index (χ4v) is 4.63. The number of para-hydroxylation sites is 2. The number of hydrogen-bond acceptors (Lipinski definition) is 6. The molecule has 0 fully saturated rings. The van der Waals surface area contributed by atoms with Gasteiger partial charge in [0.15, 0.2) is 5.75 Å². The normalized spacial score (nSPS) is 12.3. The van der Waals surface area contributed by atoms with E-state index in [1.807, 2.05) is 0 Å². The maximum Gasteiger partial charge on any atom is 0.262 e. The molecule has 1 aliphatic heterocycles. The van der Waals surface area contributed by atoms with E-state index in [9.17, 15) is 12.8 Å². The van der Waals surface area contributed by atoms with E-state index in [-0.39, 0.29) is 10.7 Å². The second-order valence-electron chi connectivity index (χ2n) is 7.49. The van der Waals surface area contributed by atoms with Gasteiger partial charge in [0.25, 0.3) is 10.0 Å². The fourth-order valence-electron chi connectivity index (χ4n) is 3.54. The van der Waals surface area contributed by atoms with Gasteiger partial charge in [-0.3, -0.25) is 9.71 Å². The highest BCUT2D eigenvalue weighted by Gasteiger charge is 2.24. The minimum Gasteiger partial charge on any atom is -0.495 e. The molecule has 172 valence electrons. The summed E-state index contributed by atoms with van der Waals surface area (Å²) in [6.07, 6.45) is 1.58. The van der Waals surface area contributed by atoms with Gasteiger partial charge in [0.2, 0.25) is 5.88 Å². The number of aryl methyl sites for hydroxylation is 1. The lowest BCUT2D eigenvalue weighted by molar-refractivity contribution is 0.417. The van der Waals surface area contributed by atoms with Crippen molar-refractivity contribution in [2.24, 2.45) is 4.99 Å². The summed E-state index contributed by atoms with van der Waals surface area (Å²) in [5.74, 6) is 0.796. The maximum atomic E-state index is 13.4. The van der Waals surface area contributed by atoms with Crippen LogP contribution in [0.1, 0.15) is 11.3 Å². The number of hydrogen-bond donors (Lipinski definition) is 1. The van der Waals surface area contributed by atoms with E-state index >= 15 is 0 Å². The number of benzene rings is 3. The summed E-state index contributed by atoms with van der Waals surface area (Å²) in [4.78, 5) is 4.46. The highest BCUT2D eigenvalue weighted by molar-refractivity contribution is 7.92. The van der Waals surface area contributed by atoms with Crippen LogP contribution in [0.2, 0.25) is 0 Å². The number of fused-ring (bicyclic) bond motifs is 2. The average molecular weight is 479 g/mol. The van der Waals surface area contributed by atoms with E-state index in [0.717, 1.165) is 0 Å². The summed E-state index contributed by atoms with van der Waals surface area (Å²) < 4.78 is 54.9. The van der Waals surface area contributed by atoms with Crippen molar-refractivity contribution in [1.82, 2.24) is 9.78 Å². The Hall–Kier alpha value is -4.18. The zero-order valence-electron chi connectivity index (χ0n) is 18.2. The monoisotopic (exact) mass is 478 g/mol. The van der Waals surface area contributed by atoms with Crippen LogP contribution >= 0.6 is 0 Å². The second-order valence-corrected chi connectivity index (χ2v) is 9.17. The molecule has 0 radical (unpaired) electrons. The smallest absolute Gasteiger partial charge is 0.262 e. The van der Waals surface area contributed by atoms with Crippen molar-refractivity contribution in [3.05, 3.63) is 83.8 Å². The Bertz CT molecular complexity index is 1530. The molecule has 4 aromatic rings. The van der Waals surface area contributed by atoms with Crippen LogP contribution in [-0.4, -0.2) is 31.5 Å². The molecule has 1 aromatic heterocycles. The molecule has 1 aliphatic rings. The van der Waals surface area contributed by atoms with Gasteiger partial charge in [-0.1, -0.05) is 12.1 Å². The van der Waals surface area contributed by atoms with Gasteiger partial charge in [-0.15, -0.1) is 0 Å². The summed E-state index contributed by atoms with van der Waals surface area (Å²) in [6.45, 7) is 1.80. The molecule has 0 bridgehead atoms. The first kappa shape index (κ1) is 21.7. The van der Waals surface area contributed by atoms with Crippen LogP contribution in [0, 0.1) is 12.7 Å². The number of aromatic nitrogens is 2. The largest absolute Gasteiger partial charge is 0.495 e. The molecule has 8 nitrogen and oxygen atoms in total. The summed E-state index contributed by atoms with van der Waals surface area (Å²) in [5, 5.41) is 4.49. The number of methoxy groups -OCH3 is 1. The molecule has 1 N–H and O–H groups in total. The topological polar surface area (TPSA) is 94.8 Å². The molecule has 0 saturated carbocycles. The van der Waals surface area contributed by atoms with Crippen molar-refractivity contribution in [2.45, 2.75) is 11.8 Å². The second kappa shape index (κ2) is 8.31. The lowest BCUT2D eigenvalue weighted by Crippen LogP contribution is -2.13. The highest BCUT2D eigenvalue weighted by atomic mass is 32.2. The molecular weight excluding hydrogens is 459 g/mol. The number of nitrogens with one attached hydrogen (secondary N) is 1. The summed E-state index contributed by atoms with van der Waals surface area (Å²) in [7, 11) is -2.45. The quantitative estimate of drug-likeness (QED) is 0.384. The predicted molar refractivity (Wildman–Crippen MR) is 126 cm³/mol. The van der Waals surface area contributed by atoms with Gasteiger partial charge in [-0.2, -0.15) is 9.78 Å². The zero-order valence-corrected chi connectivity index (χ0v) is 19.0. The summed E-state index contributed by atoms with van der Waals surface area (Å²) >= 11 is 0. The van der Waals surface area contributed by atoms with Crippen LogP contribution in [-0.2, 0) is 10.0 Å². The lowest BCUT2D eigenvalue weighted by atomic mass is 10.2. The first-order valence-electron chi connectivity index (χ1n) is 10.2. The molecule has 0 saturated heterocycles. The van der Waals surface area contributed by atoms with Crippen LogP contribution in [0.4, 0.5) is 15.8 Å². The first-order valence-corrected chi connectivity index (χ1v) is 11.7. The van der Waals surface area contributed by atoms with Crippen molar-refractivity contribution in [3.63, 3.8) is 0 Å². The Morgan fingerprint density at radius 2 is 1.82 bits per heavy atom. The van der Waals surface area contributed by atoms with Crippen LogP contribution in [0.5, 0.6) is 17.4 Å². The third kappa shape index (κ3) is 3.88. The van der Waals surface area contributed by atoms with E-state index in [0.29, 0.717) is 45.7 Å². The van der Waals surface area contributed by atoms with Crippen LogP contribution < -0.4 is 14.2 Å². The predicted octanol–water partition coefficient (Wildman–Crippen LogP) is 4.99. The number of rotatable bonds is 5. The van der Waals surface area contributed by atoms with Crippen molar-refractivity contribution >= 4 is 27.6 Å². The SMILES string of the molecule is COc1ccccc1NS(=O)(=O)c1ccc2c(c1)N=Cc1c(C)nn(-c3ccc(F)cc3)c1O2. The van der Waals surface area contributed by atoms with Gasteiger partial charge in [0.05, 0.1) is 34.6 Å².